The zero-order valence-corrected chi connectivity index (χ0v) is 9.68. The van der Waals surface area contributed by atoms with E-state index in [2.05, 4.69) is 21.2 Å². The van der Waals surface area contributed by atoms with Gasteiger partial charge in [0.15, 0.2) is 0 Å². The highest BCUT2D eigenvalue weighted by Crippen LogP contribution is 2.21. The molecule has 1 rings (SSSR count). The van der Waals surface area contributed by atoms with Crippen molar-refractivity contribution < 1.29 is 8.91 Å². The Labute approximate surface area is 97.0 Å². The van der Waals surface area contributed by atoms with Crippen molar-refractivity contribution in [3.05, 3.63) is 33.8 Å². The minimum atomic E-state index is -2.13. The quantitative estimate of drug-likeness (QED) is 0.869. The maximum atomic E-state index is 10.9. The highest BCUT2D eigenvalue weighted by Gasteiger charge is 2.07. The zero-order valence-electron chi connectivity index (χ0n) is 11.1. The van der Waals surface area contributed by atoms with Crippen LogP contribution < -0.4 is 5.32 Å². The Morgan fingerprint density at radius 3 is 2.86 bits per heavy atom. The second-order valence-electron chi connectivity index (χ2n) is 3.16. The Kier molecular flexibility index (Phi) is 2.45. The van der Waals surface area contributed by atoms with E-state index in [0.29, 0.717) is 4.47 Å². The predicted octanol–water partition coefficient (Wildman–Crippen LogP) is 2.95. The van der Waals surface area contributed by atoms with Gasteiger partial charge in [-0.1, -0.05) is 28.1 Å². The highest BCUT2D eigenvalue weighted by molar-refractivity contribution is 9.10. The van der Waals surface area contributed by atoms with Gasteiger partial charge in [0.1, 0.15) is 0 Å². The maximum Gasteiger partial charge on any atom is 0.217 e. The molecule has 0 fully saturated rings. The predicted molar refractivity (Wildman–Crippen MR) is 61.1 cm³/mol. The number of hydrogen-bond donors (Lipinski definition) is 1. The number of rotatable bonds is 2. The van der Waals surface area contributed by atoms with E-state index in [4.69, 9.17) is 4.11 Å². The number of carbonyl (C=O) groups is 1. The molecule has 1 atom stereocenters. The third-order valence-corrected chi connectivity index (χ3v) is 2.57. The van der Waals surface area contributed by atoms with E-state index in [0.717, 1.165) is 5.56 Å². The van der Waals surface area contributed by atoms with Crippen molar-refractivity contribution in [2.75, 3.05) is 0 Å². The van der Waals surface area contributed by atoms with Crippen LogP contribution in [-0.2, 0) is 4.79 Å². The van der Waals surface area contributed by atoms with Crippen LogP contribution in [0, 0.1) is 6.85 Å². The third-order valence-electron chi connectivity index (χ3n) is 1.91. The lowest BCUT2D eigenvalue weighted by Gasteiger charge is -2.13. The van der Waals surface area contributed by atoms with Gasteiger partial charge in [-0.3, -0.25) is 4.79 Å². The Morgan fingerprint density at radius 1 is 1.64 bits per heavy atom. The standard InChI is InChI=1S/C11H14BrNO/c1-7-4-5-10(6-11(7)12)8(2)13-9(3)14/h4-6,8H,1-3H3,(H,13,14)/t8-/m0/s1/i1D3. The third kappa shape index (κ3) is 2.84. The lowest BCUT2D eigenvalue weighted by atomic mass is 10.1. The number of hydrogen-bond acceptors (Lipinski definition) is 1. The van der Waals surface area contributed by atoms with Gasteiger partial charge in [-0.25, -0.2) is 0 Å². The fraction of sp³-hybridized carbons (Fsp3) is 0.364. The van der Waals surface area contributed by atoms with Crippen LogP contribution >= 0.6 is 15.9 Å². The van der Waals surface area contributed by atoms with Crippen molar-refractivity contribution in [2.45, 2.75) is 26.7 Å². The summed E-state index contributed by atoms with van der Waals surface area (Å²) in [5, 5.41) is 2.74. The summed E-state index contributed by atoms with van der Waals surface area (Å²) in [5.41, 5.74) is 1.14. The van der Waals surface area contributed by atoms with Crippen LogP contribution in [0.2, 0.25) is 0 Å². The lowest BCUT2D eigenvalue weighted by molar-refractivity contribution is -0.119. The first-order chi connectivity index (χ1) is 7.71. The Balaban J connectivity index is 3.00. The molecule has 1 N–H and O–H groups in total. The first kappa shape index (κ1) is 7.46. The number of amides is 1. The van der Waals surface area contributed by atoms with Crippen molar-refractivity contribution in [2.24, 2.45) is 0 Å². The molecule has 0 spiro atoms. The molecule has 0 saturated heterocycles. The van der Waals surface area contributed by atoms with Crippen LogP contribution in [0.15, 0.2) is 22.7 Å². The molecule has 0 saturated carbocycles. The number of halogens is 1. The van der Waals surface area contributed by atoms with E-state index in [1.54, 1.807) is 18.2 Å². The monoisotopic (exact) mass is 258 g/mol. The molecule has 0 aliphatic carbocycles. The summed E-state index contributed by atoms with van der Waals surface area (Å²) in [5.74, 6) is -0.117. The molecule has 1 aromatic rings. The summed E-state index contributed by atoms with van der Waals surface area (Å²) in [6.07, 6.45) is 0. The minimum absolute atomic E-state index is 0.117. The average Bonchev–Trinajstić information content (AvgIpc) is 2.14. The van der Waals surface area contributed by atoms with E-state index in [1.807, 2.05) is 6.92 Å². The van der Waals surface area contributed by atoms with Gasteiger partial charge >= 0.3 is 0 Å². The molecule has 0 aromatic heterocycles. The van der Waals surface area contributed by atoms with Gasteiger partial charge in [0.25, 0.3) is 0 Å². The maximum absolute atomic E-state index is 10.9. The van der Waals surface area contributed by atoms with Gasteiger partial charge in [-0.2, -0.15) is 0 Å². The second kappa shape index (κ2) is 4.60. The van der Waals surface area contributed by atoms with Crippen LogP contribution in [0.3, 0.4) is 0 Å². The number of benzene rings is 1. The van der Waals surface area contributed by atoms with Crippen LogP contribution in [0.5, 0.6) is 0 Å². The number of carbonyl (C=O) groups excluding carboxylic acids is 1. The van der Waals surface area contributed by atoms with Crippen LogP contribution in [0.4, 0.5) is 0 Å². The van der Waals surface area contributed by atoms with Gasteiger partial charge in [0, 0.05) is 15.5 Å². The fourth-order valence-electron chi connectivity index (χ4n) is 1.19. The van der Waals surface area contributed by atoms with E-state index < -0.39 is 6.85 Å². The molecule has 0 bridgehead atoms. The van der Waals surface area contributed by atoms with E-state index >= 15 is 0 Å². The van der Waals surface area contributed by atoms with Crippen molar-refractivity contribution in [3.8, 4) is 0 Å². The molecule has 0 unspecified atom stereocenters. The smallest absolute Gasteiger partial charge is 0.217 e. The largest absolute Gasteiger partial charge is 0.350 e. The normalized spacial score (nSPS) is 16.4. The molecular formula is C11H14BrNO. The summed E-state index contributed by atoms with van der Waals surface area (Å²) in [7, 11) is 0. The molecule has 1 amide bonds. The zero-order chi connectivity index (χ0) is 13.2. The summed E-state index contributed by atoms with van der Waals surface area (Å²) >= 11 is 3.24. The lowest BCUT2D eigenvalue weighted by Crippen LogP contribution is -2.23. The first-order valence-electron chi connectivity index (χ1n) is 5.79. The van der Waals surface area contributed by atoms with E-state index in [-0.39, 0.29) is 17.5 Å². The second-order valence-corrected chi connectivity index (χ2v) is 4.02. The van der Waals surface area contributed by atoms with Gasteiger partial charge in [0.05, 0.1) is 6.04 Å². The number of aryl methyl sites for hydroxylation is 1. The van der Waals surface area contributed by atoms with Crippen molar-refractivity contribution >= 4 is 21.8 Å². The van der Waals surface area contributed by atoms with Gasteiger partial charge < -0.3 is 5.32 Å². The molecule has 0 aliphatic rings. The van der Waals surface area contributed by atoms with Gasteiger partial charge in [0.2, 0.25) is 5.91 Å². The van der Waals surface area contributed by atoms with E-state index in [1.165, 1.54) is 6.92 Å². The van der Waals surface area contributed by atoms with Crippen molar-refractivity contribution in [3.63, 3.8) is 0 Å². The van der Waals surface area contributed by atoms with E-state index in [9.17, 15) is 4.79 Å². The fourth-order valence-corrected chi connectivity index (χ4v) is 1.59. The molecule has 3 heteroatoms. The molecule has 76 valence electrons. The van der Waals surface area contributed by atoms with Gasteiger partial charge in [-0.05, 0) is 31.0 Å². The molecule has 0 heterocycles. The molecular weight excluding hydrogens is 242 g/mol. The van der Waals surface area contributed by atoms with Crippen LogP contribution in [-0.4, -0.2) is 5.91 Å². The van der Waals surface area contributed by atoms with Crippen molar-refractivity contribution in [1.82, 2.24) is 5.32 Å². The van der Waals surface area contributed by atoms with Crippen LogP contribution in [0.25, 0.3) is 0 Å². The first-order valence-corrected chi connectivity index (χ1v) is 5.08. The molecule has 2 nitrogen and oxygen atoms in total. The number of nitrogens with one attached hydrogen (secondary N) is 1. The summed E-state index contributed by atoms with van der Waals surface area (Å²) in [6, 6.07) is 4.86. The van der Waals surface area contributed by atoms with Crippen molar-refractivity contribution in [1.29, 1.82) is 0 Å². The SMILES string of the molecule is [2H]C([2H])([2H])c1ccc([C@H](C)NC(C)=O)cc1Br. The summed E-state index contributed by atoms with van der Waals surface area (Å²) in [6.45, 7) is 1.16. The minimum Gasteiger partial charge on any atom is -0.350 e. The Bertz CT molecular complexity index is 431. The average molecular weight is 259 g/mol. The summed E-state index contributed by atoms with van der Waals surface area (Å²) < 4.78 is 22.5. The Hall–Kier alpha value is -0.830. The molecule has 1 aromatic carbocycles. The molecule has 14 heavy (non-hydrogen) atoms. The Morgan fingerprint density at radius 2 is 2.36 bits per heavy atom. The molecule has 0 aliphatic heterocycles. The summed E-state index contributed by atoms with van der Waals surface area (Å²) in [4.78, 5) is 10.9. The highest BCUT2D eigenvalue weighted by atomic mass is 79.9. The van der Waals surface area contributed by atoms with Crippen LogP contribution in [0.1, 0.15) is 35.1 Å². The molecule has 0 radical (unpaired) electrons. The topological polar surface area (TPSA) is 29.1 Å². The van der Waals surface area contributed by atoms with Gasteiger partial charge in [-0.15, -0.1) is 0 Å².